The van der Waals surface area contributed by atoms with Crippen molar-refractivity contribution >= 4 is 33.0 Å². The third-order valence-electron chi connectivity index (χ3n) is 5.04. The van der Waals surface area contributed by atoms with E-state index < -0.39 is 26.4 Å². The lowest BCUT2D eigenvalue weighted by Crippen LogP contribution is -2.49. The van der Waals surface area contributed by atoms with E-state index in [0.29, 0.717) is 37.0 Å². The summed E-state index contributed by atoms with van der Waals surface area (Å²) in [5.41, 5.74) is -0.145. The van der Waals surface area contributed by atoms with Crippen LogP contribution in [0.15, 0.2) is 53.4 Å². The molecular formula is C21H24ClF2N3O4S. The van der Waals surface area contributed by atoms with Crippen LogP contribution < -0.4 is 10.1 Å². The van der Waals surface area contributed by atoms with Crippen LogP contribution in [0, 0.1) is 0 Å². The fourth-order valence-electron chi connectivity index (χ4n) is 3.32. The number of hydrogen-bond acceptors (Lipinski definition) is 6. The van der Waals surface area contributed by atoms with E-state index in [1.165, 1.54) is 18.2 Å². The molecule has 0 aliphatic carbocycles. The number of para-hydroxylation sites is 2. The molecule has 0 spiro atoms. The predicted molar refractivity (Wildman–Crippen MR) is 118 cm³/mol. The molecule has 0 saturated carbocycles. The van der Waals surface area contributed by atoms with Crippen molar-refractivity contribution in [2.45, 2.75) is 10.7 Å². The van der Waals surface area contributed by atoms with Gasteiger partial charge in [-0.1, -0.05) is 35.9 Å². The highest BCUT2D eigenvalue weighted by atomic mass is 35.5. The molecule has 174 valence electrons. The van der Waals surface area contributed by atoms with E-state index in [2.05, 4.69) is 10.2 Å². The molecule has 1 aliphatic rings. The first kappa shape index (κ1) is 24.4. The number of benzene rings is 2. The topological polar surface area (TPSA) is 79.0 Å². The number of anilines is 1. The van der Waals surface area contributed by atoms with Crippen LogP contribution in [0.1, 0.15) is 0 Å². The minimum Gasteiger partial charge on any atom is -0.491 e. The van der Waals surface area contributed by atoms with Crippen LogP contribution in [0.4, 0.5) is 14.5 Å². The normalized spacial score (nSPS) is 15.6. The Balaban J connectivity index is 1.45. The standard InChI is InChI=1S/C21H24ClF2N3O4S/c22-16-5-1-3-7-18(16)31-14-13-26-9-11-27(12-10-26)15-20(28)25-17-6-2-4-8-19(17)32(29,30)21(23)24/h1-8,21H,9-15H2,(H,25,28). The molecule has 0 unspecified atom stereocenters. The maximum absolute atomic E-state index is 12.9. The number of carbonyl (C=O) groups excluding carboxylic acids is 1. The summed E-state index contributed by atoms with van der Waals surface area (Å²) in [4.78, 5) is 15.9. The number of nitrogens with zero attached hydrogens (tertiary/aromatic N) is 2. The molecule has 0 bridgehead atoms. The molecular weight excluding hydrogens is 464 g/mol. The van der Waals surface area contributed by atoms with E-state index in [0.717, 1.165) is 19.2 Å². The summed E-state index contributed by atoms with van der Waals surface area (Å²) in [6.45, 7) is 3.97. The number of amides is 1. The Kier molecular flexibility index (Phi) is 8.41. The second-order valence-electron chi connectivity index (χ2n) is 7.25. The van der Waals surface area contributed by atoms with Crippen molar-refractivity contribution in [2.24, 2.45) is 0 Å². The maximum atomic E-state index is 12.9. The summed E-state index contributed by atoms with van der Waals surface area (Å²) in [7, 11) is -4.81. The molecule has 11 heteroatoms. The number of halogens is 3. The lowest BCUT2D eigenvalue weighted by atomic mass is 10.3. The molecule has 7 nitrogen and oxygen atoms in total. The minimum atomic E-state index is -4.81. The van der Waals surface area contributed by atoms with E-state index in [9.17, 15) is 22.0 Å². The number of nitrogens with one attached hydrogen (secondary N) is 1. The zero-order chi connectivity index (χ0) is 23.1. The van der Waals surface area contributed by atoms with Gasteiger partial charge >= 0.3 is 5.76 Å². The molecule has 1 amide bonds. The highest BCUT2D eigenvalue weighted by Crippen LogP contribution is 2.26. The summed E-state index contributed by atoms with van der Waals surface area (Å²) >= 11 is 6.07. The fourth-order valence-corrected chi connectivity index (χ4v) is 4.40. The largest absolute Gasteiger partial charge is 0.491 e. The molecule has 0 radical (unpaired) electrons. The second-order valence-corrected chi connectivity index (χ2v) is 9.54. The second kappa shape index (κ2) is 11.0. The van der Waals surface area contributed by atoms with Gasteiger partial charge in [0.25, 0.3) is 0 Å². The van der Waals surface area contributed by atoms with Crippen molar-refractivity contribution in [3.8, 4) is 5.75 Å². The zero-order valence-electron chi connectivity index (χ0n) is 17.2. The fraction of sp³-hybridized carbons (Fsp3) is 0.381. The van der Waals surface area contributed by atoms with E-state index in [-0.39, 0.29) is 12.2 Å². The molecule has 1 aliphatic heterocycles. The molecule has 2 aromatic carbocycles. The van der Waals surface area contributed by atoms with Crippen LogP contribution in [-0.4, -0.2) is 75.8 Å². The first-order valence-electron chi connectivity index (χ1n) is 10.0. The van der Waals surface area contributed by atoms with Crippen LogP contribution in [0.5, 0.6) is 5.75 Å². The van der Waals surface area contributed by atoms with Gasteiger partial charge in [-0.05, 0) is 24.3 Å². The number of sulfone groups is 1. The molecule has 0 atom stereocenters. The van der Waals surface area contributed by atoms with Gasteiger partial charge in [-0.2, -0.15) is 8.78 Å². The van der Waals surface area contributed by atoms with Gasteiger partial charge in [0.15, 0.2) is 0 Å². The molecule has 1 saturated heterocycles. The van der Waals surface area contributed by atoms with Crippen molar-refractivity contribution in [1.29, 1.82) is 0 Å². The van der Waals surface area contributed by atoms with Crippen LogP contribution in [0.2, 0.25) is 5.02 Å². The average Bonchev–Trinajstić information content (AvgIpc) is 2.76. The quantitative estimate of drug-likeness (QED) is 0.586. The minimum absolute atomic E-state index is 0.0347. The highest BCUT2D eigenvalue weighted by Gasteiger charge is 2.29. The van der Waals surface area contributed by atoms with E-state index in [1.807, 2.05) is 23.1 Å². The van der Waals surface area contributed by atoms with Gasteiger partial charge in [-0.25, -0.2) is 8.42 Å². The summed E-state index contributed by atoms with van der Waals surface area (Å²) in [6, 6.07) is 12.4. The molecule has 3 rings (SSSR count). The Morgan fingerprint density at radius 1 is 1.03 bits per heavy atom. The maximum Gasteiger partial charge on any atom is 0.341 e. The zero-order valence-corrected chi connectivity index (χ0v) is 18.8. The Morgan fingerprint density at radius 3 is 2.34 bits per heavy atom. The molecule has 32 heavy (non-hydrogen) atoms. The average molecular weight is 488 g/mol. The van der Waals surface area contributed by atoms with E-state index in [4.69, 9.17) is 16.3 Å². The van der Waals surface area contributed by atoms with Gasteiger partial charge < -0.3 is 10.1 Å². The number of piperazine rings is 1. The van der Waals surface area contributed by atoms with Crippen molar-refractivity contribution in [1.82, 2.24) is 9.80 Å². The van der Waals surface area contributed by atoms with Gasteiger partial charge in [0.2, 0.25) is 15.7 Å². The molecule has 0 aromatic heterocycles. The Hall–Kier alpha value is -2.27. The number of carbonyl (C=O) groups is 1. The van der Waals surface area contributed by atoms with Crippen LogP contribution in [0.25, 0.3) is 0 Å². The number of hydrogen-bond donors (Lipinski definition) is 1. The molecule has 1 fully saturated rings. The monoisotopic (exact) mass is 487 g/mol. The van der Waals surface area contributed by atoms with E-state index in [1.54, 1.807) is 6.07 Å². The van der Waals surface area contributed by atoms with Gasteiger partial charge in [0, 0.05) is 32.7 Å². The molecule has 1 heterocycles. The van der Waals surface area contributed by atoms with Crippen molar-refractivity contribution < 1.29 is 26.7 Å². The lowest BCUT2D eigenvalue weighted by molar-refractivity contribution is -0.117. The first-order valence-corrected chi connectivity index (χ1v) is 11.9. The summed E-state index contributed by atoms with van der Waals surface area (Å²) in [5.74, 6) is -3.38. The third-order valence-corrected chi connectivity index (χ3v) is 6.79. The number of alkyl halides is 2. The van der Waals surface area contributed by atoms with Crippen molar-refractivity contribution in [3.05, 3.63) is 53.6 Å². The Bertz CT molecular complexity index is 1030. The van der Waals surface area contributed by atoms with E-state index >= 15 is 0 Å². The number of rotatable bonds is 9. The van der Waals surface area contributed by atoms with Gasteiger partial charge in [0.1, 0.15) is 12.4 Å². The third kappa shape index (κ3) is 6.38. The van der Waals surface area contributed by atoms with Gasteiger partial charge in [-0.3, -0.25) is 14.6 Å². The lowest BCUT2D eigenvalue weighted by Gasteiger charge is -2.34. The van der Waals surface area contributed by atoms with Crippen LogP contribution >= 0.6 is 11.6 Å². The molecule has 2 aromatic rings. The van der Waals surface area contributed by atoms with Gasteiger partial charge in [-0.15, -0.1) is 0 Å². The Labute approximate surface area is 190 Å². The van der Waals surface area contributed by atoms with Crippen molar-refractivity contribution in [2.75, 3.05) is 51.2 Å². The predicted octanol–water partition coefficient (Wildman–Crippen LogP) is 2.97. The summed E-state index contributed by atoms with van der Waals surface area (Å²) in [5, 5.41) is 3.01. The van der Waals surface area contributed by atoms with Crippen molar-refractivity contribution in [3.63, 3.8) is 0 Å². The Morgan fingerprint density at radius 2 is 1.66 bits per heavy atom. The number of ether oxygens (including phenoxy) is 1. The van der Waals surface area contributed by atoms with Crippen LogP contribution in [-0.2, 0) is 14.6 Å². The summed E-state index contributed by atoms with van der Waals surface area (Å²) in [6.07, 6.45) is 0. The summed E-state index contributed by atoms with van der Waals surface area (Å²) < 4.78 is 55.1. The first-order chi connectivity index (χ1) is 15.3. The highest BCUT2D eigenvalue weighted by molar-refractivity contribution is 7.91. The van der Waals surface area contributed by atoms with Crippen LogP contribution in [0.3, 0.4) is 0 Å². The molecule has 1 N–H and O–H groups in total. The smallest absolute Gasteiger partial charge is 0.341 e. The SMILES string of the molecule is O=C(CN1CCN(CCOc2ccccc2Cl)CC1)Nc1ccccc1S(=O)(=O)C(F)F. The van der Waals surface area contributed by atoms with Gasteiger partial charge in [0.05, 0.1) is 22.2 Å².